The summed E-state index contributed by atoms with van der Waals surface area (Å²) in [5.74, 6) is -0.0830. The Morgan fingerprint density at radius 1 is 1.23 bits per heavy atom. The molecule has 3 rings (SSSR count). The van der Waals surface area contributed by atoms with Crippen molar-refractivity contribution >= 4 is 5.91 Å². The number of carbonyl (C=O) groups excluding carboxylic acids is 1. The molecule has 0 radical (unpaired) electrons. The van der Waals surface area contributed by atoms with Gasteiger partial charge in [0, 0.05) is 6.54 Å². The van der Waals surface area contributed by atoms with Gasteiger partial charge in [-0.15, -0.1) is 5.10 Å². The molecular weight excluding hydrogens is 280 g/mol. The zero-order valence-electron chi connectivity index (χ0n) is 12.4. The van der Waals surface area contributed by atoms with Gasteiger partial charge >= 0.3 is 0 Å². The Balaban J connectivity index is 1.66. The highest BCUT2D eigenvalue weighted by Gasteiger charge is 2.20. The topological polar surface area (TPSA) is 75.9 Å². The van der Waals surface area contributed by atoms with E-state index in [0.717, 1.165) is 25.2 Å². The number of carbonyl (C=O) groups is 1. The van der Waals surface area contributed by atoms with Crippen molar-refractivity contribution in [2.24, 2.45) is 0 Å². The van der Waals surface area contributed by atoms with E-state index in [1.807, 2.05) is 18.2 Å². The van der Waals surface area contributed by atoms with Gasteiger partial charge in [-0.05, 0) is 41.9 Å². The molecule has 2 heterocycles. The molecule has 22 heavy (non-hydrogen) atoms. The van der Waals surface area contributed by atoms with Crippen LogP contribution in [0.15, 0.2) is 36.7 Å². The van der Waals surface area contributed by atoms with Crippen LogP contribution in [-0.4, -0.2) is 50.6 Å². The lowest BCUT2D eigenvalue weighted by molar-refractivity contribution is -0.122. The molecule has 1 aromatic heterocycles. The quantitative estimate of drug-likeness (QED) is 0.846. The molecule has 1 aliphatic heterocycles. The summed E-state index contributed by atoms with van der Waals surface area (Å²) in [6.07, 6.45) is 3.91. The summed E-state index contributed by atoms with van der Waals surface area (Å²) in [6.45, 7) is 3.18. The molecule has 0 saturated carbocycles. The molecule has 1 amide bonds. The van der Waals surface area contributed by atoms with E-state index < -0.39 is 0 Å². The summed E-state index contributed by atoms with van der Waals surface area (Å²) in [5.41, 5.74) is 1.12. The van der Waals surface area contributed by atoms with Crippen molar-refractivity contribution < 1.29 is 4.79 Å². The lowest BCUT2D eigenvalue weighted by Crippen LogP contribution is -2.38. The molecule has 7 nitrogen and oxygen atoms in total. The maximum atomic E-state index is 12.2. The molecule has 1 fully saturated rings. The van der Waals surface area contributed by atoms with Crippen LogP contribution in [0.3, 0.4) is 0 Å². The minimum Gasteiger partial charge on any atom is -0.346 e. The average molecular weight is 300 g/mol. The second kappa shape index (κ2) is 7.13. The second-order valence-corrected chi connectivity index (χ2v) is 5.55. The van der Waals surface area contributed by atoms with Gasteiger partial charge in [0.15, 0.2) is 0 Å². The number of benzene rings is 1. The lowest BCUT2D eigenvalue weighted by atomic mass is 10.1. The second-order valence-electron chi connectivity index (χ2n) is 5.55. The van der Waals surface area contributed by atoms with Gasteiger partial charge in [0.05, 0.1) is 6.04 Å². The predicted molar refractivity (Wildman–Crippen MR) is 80.8 cm³/mol. The van der Waals surface area contributed by atoms with Gasteiger partial charge in [-0.1, -0.05) is 30.3 Å². The Morgan fingerprint density at radius 2 is 2.00 bits per heavy atom. The number of amides is 1. The van der Waals surface area contributed by atoms with Crippen LogP contribution >= 0.6 is 0 Å². The summed E-state index contributed by atoms with van der Waals surface area (Å²) >= 11 is 0. The molecule has 2 aromatic rings. The molecule has 0 aliphatic carbocycles. The van der Waals surface area contributed by atoms with E-state index in [9.17, 15) is 4.79 Å². The molecule has 1 atom stereocenters. The first kappa shape index (κ1) is 14.6. The smallest absolute Gasteiger partial charge is 0.242 e. The Morgan fingerprint density at radius 3 is 2.68 bits per heavy atom. The summed E-state index contributed by atoms with van der Waals surface area (Å²) < 4.78 is 1.42. The van der Waals surface area contributed by atoms with Crippen molar-refractivity contribution in [3.63, 3.8) is 0 Å². The SMILES string of the molecule is O=C(Cn1cnnn1)NC(CN1CCCC1)c1ccccc1. The fourth-order valence-corrected chi connectivity index (χ4v) is 2.78. The number of hydrogen-bond donors (Lipinski definition) is 1. The third kappa shape index (κ3) is 3.88. The van der Waals surface area contributed by atoms with Gasteiger partial charge in [0.2, 0.25) is 5.91 Å². The van der Waals surface area contributed by atoms with E-state index in [0.29, 0.717) is 0 Å². The fourth-order valence-electron chi connectivity index (χ4n) is 2.78. The van der Waals surface area contributed by atoms with Crippen LogP contribution in [0.25, 0.3) is 0 Å². The standard InChI is InChI=1S/C15H20N6O/c22-15(11-21-12-16-18-19-21)17-14(10-20-8-4-5-9-20)13-6-2-1-3-7-13/h1-3,6-7,12,14H,4-5,8-11H2,(H,17,22). The highest BCUT2D eigenvalue weighted by atomic mass is 16.2. The number of hydrogen-bond acceptors (Lipinski definition) is 5. The third-order valence-corrected chi connectivity index (χ3v) is 3.87. The summed E-state index contributed by atoms with van der Waals surface area (Å²) in [7, 11) is 0. The van der Waals surface area contributed by atoms with Gasteiger partial charge in [0.25, 0.3) is 0 Å². The van der Waals surface area contributed by atoms with E-state index in [-0.39, 0.29) is 18.5 Å². The van der Waals surface area contributed by atoms with Gasteiger partial charge in [0.1, 0.15) is 12.9 Å². The summed E-state index contributed by atoms with van der Waals surface area (Å²) in [4.78, 5) is 14.6. The van der Waals surface area contributed by atoms with Crippen LogP contribution in [0.5, 0.6) is 0 Å². The van der Waals surface area contributed by atoms with Crippen LogP contribution < -0.4 is 5.32 Å². The third-order valence-electron chi connectivity index (χ3n) is 3.87. The molecule has 1 aromatic carbocycles. The van der Waals surface area contributed by atoms with Gasteiger partial charge in [-0.2, -0.15) is 0 Å². The molecule has 1 N–H and O–H groups in total. The molecule has 1 aliphatic rings. The first-order valence-corrected chi connectivity index (χ1v) is 7.59. The number of rotatable bonds is 6. The minimum atomic E-state index is -0.0830. The van der Waals surface area contributed by atoms with Crippen LogP contribution in [0.2, 0.25) is 0 Å². The normalized spacial score (nSPS) is 16.5. The van der Waals surface area contributed by atoms with E-state index in [4.69, 9.17) is 0 Å². The molecule has 1 saturated heterocycles. The van der Waals surface area contributed by atoms with Crippen molar-refractivity contribution in [3.8, 4) is 0 Å². The van der Waals surface area contributed by atoms with Crippen molar-refractivity contribution in [3.05, 3.63) is 42.2 Å². The summed E-state index contributed by atoms with van der Waals surface area (Å²) in [6, 6.07) is 10.1. The first-order chi connectivity index (χ1) is 10.8. The maximum Gasteiger partial charge on any atom is 0.242 e. The van der Waals surface area contributed by atoms with Gasteiger partial charge in [-0.25, -0.2) is 4.68 Å². The molecule has 0 bridgehead atoms. The predicted octanol–water partition coefficient (Wildman–Crippen LogP) is 0.626. The monoisotopic (exact) mass is 300 g/mol. The number of tetrazole rings is 1. The highest BCUT2D eigenvalue weighted by Crippen LogP contribution is 2.17. The fraction of sp³-hybridized carbons (Fsp3) is 0.467. The van der Waals surface area contributed by atoms with Crippen molar-refractivity contribution in [1.82, 2.24) is 30.4 Å². The number of nitrogens with one attached hydrogen (secondary N) is 1. The van der Waals surface area contributed by atoms with E-state index >= 15 is 0 Å². The highest BCUT2D eigenvalue weighted by molar-refractivity contribution is 5.76. The van der Waals surface area contributed by atoms with Crippen molar-refractivity contribution in [2.45, 2.75) is 25.4 Å². The van der Waals surface area contributed by atoms with Gasteiger partial charge in [-0.3, -0.25) is 4.79 Å². The number of nitrogens with zero attached hydrogens (tertiary/aromatic N) is 5. The molecule has 0 spiro atoms. The van der Waals surface area contributed by atoms with Crippen LogP contribution in [-0.2, 0) is 11.3 Å². The van der Waals surface area contributed by atoms with Crippen LogP contribution in [0, 0.1) is 0 Å². The molecule has 7 heteroatoms. The van der Waals surface area contributed by atoms with Crippen molar-refractivity contribution in [1.29, 1.82) is 0 Å². The number of aromatic nitrogens is 4. The zero-order chi connectivity index (χ0) is 15.2. The van der Waals surface area contributed by atoms with Crippen molar-refractivity contribution in [2.75, 3.05) is 19.6 Å². The molecular formula is C15H20N6O. The van der Waals surface area contributed by atoms with E-state index in [1.54, 1.807) is 0 Å². The molecule has 116 valence electrons. The Kier molecular flexibility index (Phi) is 4.75. The van der Waals surface area contributed by atoms with Gasteiger partial charge < -0.3 is 10.2 Å². The Hall–Kier alpha value is -2.28. The number of likely N-dealkylation sites (tertiary alicyclic amines) is 1. The lowest BCUT2D eigenvalue weighted by Gasteiger charge is -2.25. The Labute approximate surface area is 129 Å². The van der Waals surface area contributed by atoms with Crippen LogP contribution in [0.1, 0.15) is 24.4 Å². The van der Waals surface area contributed by atoms with E-state index in [2.05, 4.69) is 37.9 Å². The molecule has 1 unspecified atom stereocenters. The van der Waals surface area contributed by atoms with Crippen LogP contribution in [0.4, 0.5) is 0 Å². The summed E-state index contributed by atoms with van der Waals surface area (Å²) in [5, 5.41) is 13.9. The average Bonchev–Trinajstić information content (AvgIpc) is 3.21. The zero-order valence-corrected chi connectivity index (χ0v) is 12.4. The maximum absolute atomic E-state index is 12.2. The Bertz CT molecular complexity index is 579. The van der Waals surface area contributed by atoms with E-state index in [1.165, 1.54) is 23.9 Å². The minimum absolute atomic E-state index is 0.0109. The first-order valence-electron chi connectivity index (χ1n) is 7.59. The largest absolute Gasteiger partial charge is 0.346 e.